The lowest BCUT2D eigenvalue weighted by Crippen LogP contribution is -2.29. The van der Waals surface area contributed by atoms with E-state index in [0.717, 1.165) is 27.1 Å². The van der Waals surface area contributed by atoms with Gasteiger partial charge in [-0.2, -0.15) is 5.10 Å². The number of hydrogen-bond donors (Lipinski definition) is 2. The lowest BCUT2D eigenvalue weighted by Gasteiger charge is -2.25. The average Bonchev–Trinajstić information content (AvgIpc) is 3.31. The van der Waals surface area contributed by atoms with Crippen molar-refractivity contribution in [2.24, 2.45) is 0 Å². The van der Waals surface area contributed by atoms with Crippen LogP contribution in [0.25, 0.3) is 20.5 Å². The SMILES string of the molecule is CC1Cc2c(CN3CCC(F)(F)C3)[nH]c(=O)c3sc(-c4cn[nH]c4)c(c23)O1. The number of nitrogens with zero attached hydrogens (tertiary/aromatic N) is 2. The lowest BCUT2D eigenvalue weighted by atomic mass is 9.98. The highest BCUT2D eigenvalue weighted by atomic mass is 32.1. The zero-order chi connectivity index (χ0) is 18.8. The molecule has 0 spiro atoms. The van der Waals surface area contributed by atoms with Gasteiger partial charge in [-0.25, -0.2) is 8.78 Å². The molecule has 1 unspecified atom stereocenters. The van der Waals surface area contributed by atoms with Gasteiger partial charge >= 0.3 is 0 Å². The standard InChI is InChI=1S/C18H18F2N4O2S/c1-9-4-11-12(7-24-3-2-18(19,20)8-24)23-17(25)16-13(11)14(26-9)15(27-16)10-5-21-22-6-10/h5-6,9H,2-4,7-8H2,1H3,(H,21,22)(H,23,25). The first-order valence-electron chi connectivity index (χ1n) is 8.88. The second kappa shape index (κ2) is 5.87. The summed E-state index contributed by atoms with van der Waals surface area (Å²) in [6.45, 7) is 2.36. The number of pyridine rings is 1. The normalized spacial score (nSPS) is 21.7. The van der Waals surface area contributed by atoms with Crippen LogP contribution >= 0.6 is 11.3 Å². The molecule has 3 aromatic rings. The molecule has 0 saturated carbocycles. The molecule has 1 fully saturated rings. The third kappa shape index (κ3) is 2.76. The number of aromatic amines is 2. The molecular weight excluding hydrogens is 374 g/mol. The summed E-state index contributed by atoms with van der Waals surface area (Å²) in [7, 11) is 0. The van der Waals surface area contributed by atoms with E-state index in [1.165, 1.54) is 11.3 Å². The van der Waals surface area contributed by atoms with Crippen LogP contribution in [0.1, 0.15) is 24.6 Å². The molecule has 0 radical (unpaired) electrons. The molecule has 0 aromatic carbocycles. The second-order valence-electron chi connectivity index (χ2n) is 7.31. The molecule has 2 N–H and O–H groups in total. The predicted molar refractivity (Wildman–Crippen MR) is 98.7 cm³/mol. The van der Waals surface area contributed by atoms with Gasteiger partial charge in [-0.05, 0) is 12.5 Å². The van der Waals surface area contributed by atoms with Crippen LogP contribution in [0.4, 0.5) is 8.78 Å². The van der Waals surface area contributed by atoms with Crippen LogP contribution in [-0.4, -0.2) is 45.2 Å². The first kappa shape index (κ1) is 16.9. The molecule has 5 heterocycles. The summed E-state index contributed by atoms with van der Waals surface area (Å²) in [6.07, 6.45) is 3.91. The summed E-state index contributed by atoms with van der Waals surface area (Å²) in [6, 6.07) is 0. The Balaban J connectivity index is 1.66. The first-order valence-corrected chi connectivity index (χ1v) is 9.69. The van der Waals surface area contributed by atoms with E-state index in [1.54, 1.807) is 17.3 Å². The monoisotopic (exact) mass is 392 g/mol. The highest BCUT2D eigenvalue weighted by Crippen LogP contribution is 2.47. The molecule has 3 aromatic heterocycles. The quantitative estimate of drug-likeness (QED) is 0.718. The molecule has 1 saturated heterocycles. The Kier molecular flexibility index (Phi) is 3.67. The van der Waals surface area contributed by atoms with Crippen molar-refractivity contribution >= 4 is 21.4 Å². The van der Waals surface area contributed by atoms with Crippen LogP contribution in [-0.2, 0) is 13.0 Å². The van der Waals surface area contributed by atoms with Crippen LogP contribution in [0.15, 0.2) is 17.2 Å². The number of aromatic nitrogens is 3. The second-order valence-corrected chi connectivity index (χ2v) is 8.33. The topological polar surface area (TPSA) is 74.0 Å². The summed E-state index contributed by atoms with van der Waals surface area (Å²) in [4.78, 5) is 18.2. The number of hydrogen-bond acceptors (Lipinski definition) is 5. The van der Waals surface area contributed by atoms with Crippen molar-refractivity contribution in [1.29, 1.82) is 0 Å². The van der Waals surface area contributed by atoms with E-state index in [0.29, 0.717) is 30.0 Å². The van der Waals surface area contributed by atoms with Crippen molar-refractivity contribution in [3.8, 4) is 16.2 Å². The van der Waals surface area contributed by atoms with Crippen molar-refractivity contribution in [2.45, 2.75) is 38.3 Å². The van der Waals surface area contributed by atoms with Crippen molar-refractivity contribution in [3.63, 3.8) is 0 Å². The predicted octanol–water partition coefficient (Wildman–Crippen LogP) is 3.14. The molecule has 2 aliphatic rings. The minimum absolute atomic E-state index is 0.0642. The zero-order valence-corrected chi connectivity index (χ0v) is 15.5. The van der Waals surface area contributed by atoms with Crippen LogP contribution in [0, 0.1) is 0 Å². The molecule has 27 heavy (non-hydrogen) atoms. The number of halogens is 2. The molecule has 0 bridgehead atoms. The fourth-order valence-corrected chi connectivity index (χ4v) is 5.14. The summed E-state index contributed by atoms with van der Waals surface area (Å²) in [5.41, 5.74) is 2.39. The van der Waals surface area contributed by atoms with E-state index in [-0.39, 0.29) is 24.6 Å². The van der Waals surface area contributed by atoms with Crippen molar-refractivity contribution in [2.75, 3.05) is 13.1 Å². The molecule has 142 valence electrons. The van der Waals surface area contributed by atoms with Crippen LogP contribution in [0.2, 0.25) is 0 Å². The fourth-order valence-electron chi connectivity index (χ4n) is 4.00. The minimum atomic E-state index is -2.65. The van der Waals surface area contributed by atoms with Crippen molar-refractivity contribution < 1.29 is 13.5 Å². The Hall–Kier alpha value is -2.26. The van der Waals surface area contributed by atoms with Gasteiger partial charge in [0.1, 0.15) is 16.6 Å². The highest BCUT2D eigenvalue weighted by Gasteiger charge is 2.39. The number of alkyl halides is 2. The maximum absolute atomic E-state index is 13.6. The van der Waals surface area contributed by atoms with Gasteiger partial charge in [-0.15, -0.1) is 11.3 Å². The Labute approximate surface area is 157 Å². The van der Waals surface area contributed by atoms with Gasteiger partial charge in [-0.3, -0.25) is 14.8 Å². The highest BCUT2D eigenvalue weighted by molar-refractivity contribution is 7.22. The summed E-state index contributed by atoms with van der Waals surface area (Å²) < 4.78 is 33.8. The molecule has 0 aliphatic carbocycles. The smallest absolute Gasteiger partial charge is 0.266 e. The maximum atomic E-state index is 13.6. The number of nitrogens with one attached hydrogen (secondary N) is 2. The van der Waals surface area contributed by atoms with Crippen molar-refractivity contribution in [1.82, 2.24) is 20.1 Å². The molecular formula is C18H18F2N4O2S. The maximum Gasteiger partial charge on any atom is 0.266 e. The van der Waals surface area contributed by atoms with Gasteiger partial charge < -0.3 is 9.72 Å². The third-order valence-corrected chi connectivity index (χ3v) is 6.42. The molecule has 2 aliphatic heterocycles. The molecule has 5 rings (SSSR count). The van der Waals surface area contributed by atoms with E-state index in [4.69, 9.17) is 4.74 Å². The van der Waals surface area contributed by atoms with E-state index < -0.39 is 5.92 Å². The van der Waals surface area contributed by atoms with Gasteiger partial charge in [-0.1, -0.05) is 0 Å². The minimum Gasteiger partial charge on any atom is -0.488 e. The Morgan fingerprint density at radius 1 is 1.48 bits per heavy atom. The fraction of sp³-hybridized carbons (Fsp3) is 0.444. The van der Waals surface area contributed by atoms with E-state index in [1.807, 2.05) is 6.92 Å². The lowest BCUT2D eigenvalue weighted by molar-refractivity contribution is 0.0113. The Morgan fingerprint density at radius 3 is 3.04 bits per heavy atom. The number of likely N-dealkylation sites (tertiary alicyclic amines) is 1. The Morgan fingerprint density at radius 2 is 2.33 bits per heavy atom. The van der Waals surface area contributed by atoms with Gasteiger partial charge in [0.05, 0.1) is 17.6 Å². The molecule has 6 nitrogen and oxygen atoms in total. The number of thiophene rings is 1. The van der Waals surface area contributed by atoms with Gasteiger partial charge in [0.15, 0.2) is 0 Å². The van der Waals surface area contributed by atoms with Crippen LogP contribution in [0.5, 0.6) is 5.75 Å². The van der Waals surface area contributed by atoms with E-state index in [9.17, 15) is 13.6 Å². The number of rotatable bonds is 3. The average molecular weight is 392 g/mol. The van der Waals surface area contributed by atoms with E-state index >= 15 is 0 Å². The summed E-state index contributed by atoms with van der Waals surface area (Å²) in [5.74, 6) is -1.95. The molecule has 1 atom stereocenters. The van der Waals surface area contributed by atoms with E-state index in [2.05, 4.69) is 15.2 Å². The zero-order valence-electron chi connectivity index (χ0n) is 14.6. The third-order valence-electron chi connectivity index (χ3n) is 5.20. The molecule has 0 amide bonds. The van der Waals surface area contributed by atoms with Crippen LogP contribution in [0.3, 0.4) is 0 Å². The number of H-pyrrole nitrogens is 2. The first-order chi connectivity index (χ1) is 12.9. The largest absolute Gasteiger partial charge is 0.488 e. The molecule has 9 heteroatoms. The summed E-state index contributed by atoms with van der Waals surface area (Å²) in [5, 5.41) is 7.59. The summed E-state index contributed by atoms with van der Waals surface area (Å²) >= 11 is 1.38. The van der Waals surface area contributed by atoms with Gasteiger partial charge in [0, 0.05) is 48.8 Å². The van der Waals surface area contributed by atoms with Crippen LogP contribution < -0.4 is 10.3 Å². The Bertz CT molecular complexity index is 1070. The van der Waals surface area contributed by atoms with Gasteiger partial charge in [0.2, 0.25) is 0 Å². The van der Waals surface area contributed by atoms with Crippen molar-refractivity contribution in [3.05, 3.63) is 34.0 Å². The number of ether oxygens (including phenoxy) is 1. The van der Waals surface area contributed by atoms with Gasteiger partial charge in [0.25, 0.3) is 11.5 Å².